The molecule has 15 heavy (non-hydrogen) atoms. The third kappa shape index (κ3) is 2.91. The van der Waals surface area contributed by atoms with Crippen molar-refractivity contribution in [2.45, 2.75) is 6.42 Å². The van der Waals surface area contributed by atoms with Crippen LogP contribution < -0.4 is 10.6 Å². The molecule has 0 aliphatic carbocycles. The molecule has 1 amide bonds. The normalized spacial score (nSPS) is 15.9. The van der Waals surface area contributed by atoms with E-state index < -0.39 is 0 Å². The summed E-state index contributed by atoms with van der Waals surface area (Å²) < 4.78 is 0. The summed E-state index contributed by atoms with van der Waals surface area (Å²) in [4.78, 5) is 11.6. The van der Waals surface area contributed by atoms with E-state index in [4.69, 9.17) is 0 Å². The first kappa shape index (κ1) is 10.4. The van der Waals surface area contributed by atoms with Crippen molar-refractivity contribution in [3.63, 3.8) is 0 Å². The Bertz CT molecular complexity index is 357. The number of rotatable bonds is 3. The van der Waals surface area contributed by atoms with Gasteiger partial charge in [0.1, 0.15) is 0 Å². The molecule has 1 aliphatic heterocycles. The molecular weight excluding hydrogens is 208 g/mol. The molecule has 1 aromatic heterocycles. The Kier molecular flexibility index (Phi) is 3.53. The zero-order valence-corrected chi connectivity index (χ0v) is 9.27. The van der Waals surface area contributed by atoms with Gasteiger partial charge in [-0.2, -0.15) is 11.3 Å². The molecule has 0 spiro atoms. The van der Waals surface area contributed by atoms with Crippen LogP contribution in [0.4, 0.5) is 0 Å². The van der Waals surface area contributed by atoms with Gasteiger partial charge in [0.25, 0.3) is 5.91 Å². The third-order valence-electron chi connectivity index (χ3n) is 2.42. The zero-order chi connectivity index (χ0) is 10.5. The fraction of sp³-hybridized carbons (Fsp3) is 0.364. The van der Waals surface area contributed by atoms with Crippen LogP contribution in [0.5, 0.6) is 0 Å². The van der Waals surface area contributed by atoms with E-state index in [1.165, 1.54) is 5.57 Å². The first-order valence-corrected chi connectivity index (χ1v) is 5.99. The van der Waals surface area contributed by atoms with Crippen LogP contribution in [-0.4, -0.2) is 25.5 Å². The summed E-state index contributed by atoms with van der Waals surface area (Å²) in [6, 6.07) is 1.84. The molecule has 0 radical (unpaired) electrons. The smallest absolute Gasteiger partial charge is 0.252 e. The fourth-order valence-electron chi connectivity index (χ4n) is 1.52. The van der Waals surface area contributed by atoms with Gasteiger partial charge in [0.05, 0.1) is 0 Å². The summed E-state index contributed by atoms with van der Waals surface area (Å²) in [6.07, 6.45) is 3.18. The molecule has 0 unspecified atom stereocenters. The number of amides is 1. The van der Waals surface area contributed by atoms with Crippen molar-refractivity contribution in [3.05, 3.63) is 34.0 Å². The molecule has 2 rings (SSSR count). The lowest BCUT2D eigenvalue weighted by Crippen LogP contribution is -2.29. The van der Waals surface area contributed by atoms with Crippen molar-refractivity contribution in [3.8, 4) is 0 Å². The fourth-order valence-corrected chi connectivity index (χ4v) is 2.16. The van der Waals surface area contributed by atoms with Gasteiger partial charge in [0, 0.05) is 24.0 Å². The number of nitrogens with one attached hydrogen (secondary N) is 2. The van der Waals surface area contributed by atoms with E-state index in [0.717, 1.165) is 25.1 Å². The van der Waals surface area contributed by atoms with Gasteiger partial charge in [-0.3, -0.25) is 4.79 Å². The van der Waals surface area contributed by atoms with Crippen LogP contribution in [0.2, 0.25) is 0 Å². The number of hydrogen-bond acceptors (Lipinski definition) is 3. The molecular formula is C11H14N2OS. The van der Waals surface area contributed by atoms with E-state index in [9.17, 15) is 4.79 Å². The summed E-state index contributed by atoms with van der Waals surface area (Å²) in [5, 5.41) is 9.95. The van der Waals surface area contributed by atoms with Crippen LogP contribution in [0.3, 0.4) is 0 Å². The molecule has 0 atom stereocenters. The number of carbonyl (C=O) groups is 1. The first-order valence-electron chi connectivity index (χ1n) is 5.05. The Labute approximate surface area is 93.2 Å². The lowest BCUT2D eigenvalue weighted by atomic mass is 10.1. The largest absolute Gasteiger partial charge is 0.348 e. The highest BCUT2D eigenvalue weighted by molar-refractivity contribution is 7.08. The number of hydrogen-bond donors (Lipinski definition) is 2. The average Bonchev–Trinajstić information content (AvgIpc) is 2.81. The minimum absolute atomic E-state index is 0.0238. The quantitative estimate of drug-likeness (QED) is 0.759. The Morgan fingerprint density at radius 2 is 2.53 bits per heavy atom. The summed E-state index contributed by atoms with van der Waals surface area (Å²) in [6.45, 7) is 2.61. The van der Waals surface area contributed by atoms with Gasteiger partial charge in [-0.05, 0) is 24.4 Å². The lowest BCUT2D eigenvalue weighted by molar-refractivity contribution is 0.0957. The van der Waals surface area contributed by atoms with E-state index in [-0.39, 0.29) is 5.91 Å². The molecule has 0 saturated carbocycles. The standard InChI is InChI=1S/C11H14N2OS/c14-11(10-3-6-15-8-10)13-7-9-1-4-12-5-2-9/h1,3,6,8,12H,2,4-5,7H2,(H,13,14). The van der Waals surface area contributed by atoms with Crippen LogP contribution in [0.15, 0.2) is 28.5 Å². The van der Waals surface area contributed by atoms with Crippen molar-refractivity contribution in [1.29, 1.82) is 0 Å². The Morgan fingerprint density at radius 3 is 3.20 bits per heavy atom. The molecule has 1 aromatic rings. The highest BCUT2D eigenvalue weighted by atomic mass is 32.1. The topological polar surface area (TPSA) is 41.1 Å². The van der Waals surface area contributed by atoms with Crippen LogP contribution >= 0.6 is 11.3 Å². The van der Waals surface area contributed by atoms with E-state index in [0.29, 0.717) is 6.54 Å². The third-order valence-corrected chi connectivity index (χ3v) is 3.10. The van der Waals surface area contributed by atoms with Gasteiger partial charge in [-0.15, -0.1) is 0 Å². The van der Waals surface area contributed by atoms with E-state index in [1.54, 1.807) is 11.3 Å². The van der Waals surface area contributed by atoms with Crippen molar-refractivity contribution in [2.75, 3.05) is 19.6 Å². The Balaban J connectivity index is 1.83. The summed E-state index contributed by atoms with van der Waals surface area (Å²) >= 11 is 1.54. The molecule has 0 fully saturated rings. The van der Waals surface area contributed by atoms with Crippen molar-refractivity contribution < 1.29 is 4.79 Å². The maximum absolute atomic E-state index is 11.6. The Morgan fingerprint density at radius 1 is 1.60 bits per heavy atom. The molecule has 2 N–H and O–H groups in total. The molecule has 80 valence electrons. The van der Waals surface area contributed by atoms with E-state index in [1.807, 2.05) is 16.8 Å². The van der Waals surface area contributed by atoms with Crippen molar-refractivity contribution in [2.24, 2.45) is 0 Å². The molecule has 0 aromatic carbocycles. The maximum atomic E-state index is 11.6. The van der Waals surface area contributed by atoms with E-state index in [2.05, 4.69) is 16.7 Å². The molecule has 3 nitrogen and oxygen atoms in total. The molecule has 1 aliphatic rings. The van der Waals surface area contributed by atoms with Gasteiger partial charge in [-0.1, -0.05) is 11.6 Å². The van der Waals surface area contributed by atoms with Crippen LogP contribution in [0, 0.1) is 0 Å². The molecule has 0 bridgehead atoms. The first-order chi connectivity index (χ1) is 7.36. The van der Waals surface area contributed by atoms with Gasteiger partial charge in [-0.25, -0.2) is 0 Å². The average molecular weight is 222 g/mol. The lowest BCUT2D eigenvalue weighted by Gasteiger charge is -2.14. The predicted octanol–water partition coefficient (Wildman–Crippen LogP) is 1.40. The van der Waals surface area contributed by atoms with Crippen molar-refractivity contribution in [1.82, 2.24) is 10.6 Å². The summed E-state index contributed by atoms with van der Waals surface area (Å²) in [7, 11) is 0. The second kappa shape index (κ2) is 5.09. The van der Waals surface area contributed by atoms with Gasteiger partial charge in [0.2, 0.25) is 0 Å². The van der Waals surface area contributed by atoms with Crippen LogP contribution in [-0.2, 0) is 0 Å². The van der Waals surface area contributed by atoms with Crippen molar-refractivity contribution >= 4 is 17.2 Å². The van der Waals surface area contributed by atoms with Crippen LogP contribution in [0.1, 0.15) is 16.8 Å². The second-order valence-electron chi connectivity index (χ2n) is 3.51. The van der Waals surface area contributed by atoms with Gasteiger partial charge < -0.3 is 10.6 Å². The summed E-state index contributed by atoms with van der Waals surface area (Å²) in [5.41, 5.74) is 2.08. The monoisotopic (exact) mass is 222 g/mol. The minimum atomic E-state index is 0.0238. The van der Waals surface area contributed by atoms with Crippen LogP contribution in [0.25, 0.3) is 0 Å². The van der Waals surface area contributed by atoms with Gasteiger partial charge >= 0.3 is 0 Å². The van der Waals surface area contributed by atoms with E-state index >= 15 is 0 Å². The maximum Gasteiger partial charge on any atom is 0.252 e. The number of carbonyl (C=O) groups excluding carboxylic acids is 1. The number of thiophene rings is 1. The molecule has 4 heteroatoms. The second-order valence-corrected chi connectivity index (χ2v) is 4.29. The predicted molar refractivity (Wildman–Crippen MR) is 62.2 cm³/mol. The molecule has 2 heterocycles. The highest BCUT2D eigenvalue weighted by Gasteiger charge is 2.07. The summed E-state index contributed by atoms with van der Waals surface area (Å²) in [5.74, 6) is 0.0238. The molecule has 0 saturated heterocycles. The van der Waals surface area contributed by atoms with Gasteiger partial charge in [0.15, 0.2) is 0 Å². The Hall–Kier alpha value is -1.13. The SMILES string of the molecule is O=C(NCC1=CCNCC1)c1ccsc1. The highest BCUT2D eigenvalue weighted by Crippen LogP contribution is 2.06. The zero-order valence-electron chi connectivity index (χ0n) is 8.45. The minimum Gasteiger partial charge on any atom is -0.348 e.